The number of Topliss-reactive ketones (excluding diaryl/α,β-unsaturated/α-hetero) is 1. The molecule has 0 heterocycles. The van der Waals surface area contributed by atoms with E-state index in [-0.39, 0.29) is 17.7 Å². The van der Waals surface area contributed by atoms with Gasteiger partial charge in [-0.15, -0.1) is 0 Å². The minimum absolute atomic E-state index is 0.180. The summed E-state index contributed by atoms with van der Waals surface area (Å²) >= 11 is 0. The summed E-state index contributed by atoms with van der Waals surface area (Å²) in [6, 6.07) is 5.49. The standard InChI is InChI=1S/C11H11NO6/c1-2-11(14)18-17-9-5-3-8(4-6-9)10(13)7-12(15)16/h3-6H,2,7H2,1H3. The second kappa shape index (κ2) is 6.33. The monoisotopic (exact) mass is 253 g/mol. The van der Waals surface area contributed by atoms with Crippen molar-refractivity contribution in [3.8, 4) is 5.75 Å². The molecule has 18 heavy (non-hydrogen) atoms. The first-order valence-corrected chi connectivity index (χ1v) is 5.15. The van der Waals surface area contributed by atoms with E-state index in [4.69, 9.17) is 0 Å². The van der Waals surface area contributed by atoms with Gasteiger partial charge in [-0.3, -0.25) is 24.7 Å². The Kier molecular flexibility index (Phi) is 4.79. The van der Waals surface area contributed by atoms with Crippen LogP contribution in [0.4, 0.5) is 0 Å². The third kappa shape index (κ3) is 4.20. The van der Waals surface area contributed by atoms with Crippen molar-refractivity contribution in [2.24, 2.45) is 0 Å². The lowest BCUT2D eigenvalue weighted by molar-refractivity contribution is -0.465. The molecule has 0 saturated carbocycles. The molecule has 0 saturated heterocycles. The smallest absolute Gasteiger partial charge is 0.287 e. The maximum atomic E-state index is 11.3. The topological polar surface area (TPSA) is 95.7 Å². The van der Waals surface area contributed by atoms with Gasteiger partial charge in [0.25, 0.3) is 6.54 Å². The van der Waals surface area contributed by atoms with Crippen molar-refractivity contribution >= 4 is 11.8 Å². The fourth-order valence-electron chi connectivity index (χ4n) is 1.06. The molecule has 0 aromatic heterocycles. The number of rotatable bonds is 6. The Morgan fingerprint density at radius 3 is 2.39 bits per heavy atom. The molecule has 0 aliphatic rings. The van der Waals surface area contributed by atoms with Crippen molar-refractivity contribution in [2.75, 3.05) is 6.54 Å². The van der Waals surface area contributed by atoms with Crippen LogP contribution in [0.2, 0.25) is 0 Å². The van der Waals surface area contributed by atoms with Crippen LogP contribution in [0.3, 0.4) is 0 Å². The van der Waals surface area contributed by atoms with Gasteiger partial charge < -0.3 is 0 Å². The number of benzene rings is 1. The van der Waals surface area contributed by atoms with Gasteiger partial charge in [0.1, 0.15) is 0 Å². The second-order valence-electron chi connectivity index (χ2n) is 3.33. The first kappa shape index (κ1) is 13.6. The van der Waals surface area contributed by atoms with Gasteiger partial charge in [0.2, 0.25) is 5.78 Å². The predicted molar refractivity (Wildman–Crippen MR) is 59.6 cm³/mol. The zero-order valence-corrected chi connectivity index (χ0v) is 9.62. The highest BCUT2D eigenvalue weighted by atomic mass is 17.2. The van der Waals surface area contributed by atoms with E-state index < -0.39 is 23.2 Å². The normalized spacial score (nSPS) is 9.61. The SMILES string of the molecule is CCC(=O)OOc1ccc(C(=O)C[N+](=O)[O-])cc1. The van der Waals surface area contributed by atoms with E-state index in [1.807, 2.05) is 0 Å². The van der Waals surface area contributed by atoms with Crippen LogP contribution < -0.4 is 4.89 Å². The lowest BCUT2D eigenvalue weighted by atomic mass is 10.1. The summed E-state index contributed by atoms with van der Waals surface area (Å²) < 4.78 is 0. The summed E-state index contributed by atoms with van der Waals surface area (Å²) in [5.74, 6) is -0.893. The predicted octanol–water partition coefficient (Wildman–Crippen LogP) is 1.39. The third-order valence-electron chi connectivity index (χ3n) is 1.97. The van der Waals surface area contributed by atoms with E-state index >= 15 is 0 Å². The molecule has 1 aromatic carbocycles. The molecule has 0 radical (unpaired) electrons. The summed E-state index contributed by atoms with van der Waals surface area (Å²) in [5.41, 5.74) is 0.195. The number of carbonyl (C=O) groups excluding carboxylic acids is 2. The molecule has 0 amide bonds. The lowest BCUT2D eigenvalue weighted by Crippen LogP contribution is -2.13. The highest BCUT2D eigenvalue weighted by molar-refractivity contribution is 5.96. The number of nitro groups is 1. The van der Waals surface area contributed by atoms with Crippen molar-refractivity contribution in [3.05, 3.63) is 39.9 Å². The number of ketones is 1. The molecular weight excluding hydrogens is 242 g/mol. The molecule has 0 unspecified atom stereocenters. The second-order valence-corrected chi connectivity index (χ2v) is 3.33. The lowest BCUT2D eigenvalue weighted by Gasteiger charge is -2.03. The minimum atomic E-state index is -0.759. The Balaban J connectivity index is 2.59. The molecule has 0 fully saturated rings. The molecule has 1 aromatic rings. The summed E-state index contributed by atoms with van der Waals surface area (Å²) in [6.07, 6.45) is 0.180. The largest absolute Gasteiger partial charge is 0.355 e. The fourth-order valence-corrected chi connectivity index (χ4v) is 1.06. The third-order valence-corrected chi connectivity index (χ3v) is 1.97. The molecule has 7 heteroatoms. The van der Waals surface area contributed by atoms with Crippen molar-refractivity contribution in [3.63, 3.8) is 0 Å². The molecule has 1 rings (SSSR count). The molecule has 0 atom stereocenters. The van der Waals surface area contributed by atoms with E-state index in [0.29, 0.717) is 0 Å². The highest BCUT2D eigenvalue weighted by Crippen LogP contribution is 2.13. The Morgan fingerprint density at radius 1 is 1.28 bits per heavy atom. The summed E-state index contributed by atoms with van der Waals surface area (Å²) in [7, 11) is 0. The first-order chi connectivity index (χ1) is 8.52. The van der Waals surface area contributed by atoms with Gasteiger partial charge in [0.05, 0.1) is 0 Å². The first-order valence-electron chi connectivity index (χ1n) is 5.15. The van der Waals surface area contributed by atoms with Gasteiger partial charge in [-0.1, -0.05) is 6.92 Å². The van der Waals surface area contributed by atoms with Gasteiger partial charge in [-0.05, 0) is 24.3 Å². The Labute approximate surface area is 102 Å². The van der Waals surface area contributed by atoms with Crippen LogP contribution in [0.15, 0.2) is 24.3 Å². The van der Waals surface area contributed by atoms with E-state index in [2.05, 4.69) is 9.78 Å². The molecule has 0 spiro atoms. The number of carbonyl (C=O) groups is 2. The summed E-state index contributed by atoms with van der Waals surface area (Å²) in [4.78, 5) is 40.7. The van der Waals surface area contributed by atoms with Crippen LogP contribution in [0.1, 0.15) is 23.7 Å². The van der Waals surface area contributed by atoms with Gasteiger partial charge in [0, 0.05) is 16.9 Å². The van der Waals surface area contributed by atoms with Crippen LogP contribution in [0.25, 0.3) is 0 Å². The molecule has 0 bridgehead atoms. The van der Waals surface area contributed by atoms with E-state index in [9.17, 15) is 19.7 Å². The molecule has 0 aliphatic heterocycles. The van der Waals surface area contributed by atoms with Gasteiger partial charge in [0.15, 0.2) is 5.75 Å². The molecule has 0 aliphatic carbocycles. The minimum Gasteiger partial charge on any atom is -0.287 e. The highest BCUT2D eigenvalue weighted by Gasteiger charge is 2.12. The molecular formula is C11H11NO6. The van der Waals surface area contributed by atoms with Crippen LogP contribution in [0, 0.1) is 10.1 Å². The van der Waals surface area contributed by atoms with Crippen LogP contribution >= 0.6 is 0 Å². The number of hydrogen-bond donors (Lipinski definition) is 0. The molecule has 0 N–H and O–H groups in total. The van der Waals surface area contributed by atoms with Crippen LogP contribution in [-0.2, 0) is 9.68 Å². The Bertz CT molecular complexity index is 453. The number of nitrogens with zero attached hydrogens (tertiary/aromatic N) is 1. The fraction of sp³-hybridized carbons (Fsp3) is 0.273. The van der Waals surface area contributed by atoms with Crippen LogP contribution in [-0.4, -0.2) is 23.2 Å². The van der Waals surface area contributed by atoms with E-state index in [1.165, 1.54) is 24.3 Å². The average molecular weight is 253 g/mol. The van der Waals surface area contributed by atoms with E-state index in [0.717, 1.165) is 0 Å². The van der Waals surface area contributed by atoms with Crippen molar-refractivity contribution < 1.29 is 24.3 Å². The Hall–Kier alpha value is -2.44. The molecule has 96 valence electrons. The maximum absolute atomic E-state index is 11.3. The van der Waals surface area contributed by atoms with E-state index in [1.54, 1.807) is 6.92 Å². The quantitative estimate of drug-likeness (QED) is 0.329. The van der Waals surface area contributed by atoms with Gasteiger partial charge >= 0.3 is 5.97 Å². The van der Waals surface area contributed by atoms with Crippen LogP contribution in [0.5, 0.6) is 5.75 Å². The maximum Gasteiger partial charge on any atom is 0.355 e. The zero-order valence-electron chi connectivity index (χ0n) is 9.62. The zero-order chi connectivity index (χ0) is 13.5. The summed E-state index contributed by atoms with van der Waals surface area (Å²) in [5, 5.41) is 10.2. The van der Waals surface area contributed by atoms with Gasteiger partial charge in [-0.2, -0.15) is 0 Å². The van der Waals surface area contributed by atoms with Gasteiger partial charge in [-0.25, -0.2) is 4.79 Å². The Morgan fingerprint density at radius 2 is 1.89 bits per heavy atom. The van der Waals surface area contributed by atoms with Crippen molar-refractivity contribution in [1.82, 2.24) is 0 Å². The van der Waals surface area contributed by atoms with Crippen molar-refractivity contribution in [2.45, 2.75) is 13.3 Å². The average Bonchev–Trinajstić information content (AvgIpc) is 2.35. The van der Waals surface area contributed by atoms with Crippen molar-refractivity contribution in [1.29, 1.82) is 0 Å². The summed E-state index contributed by atoms with van der Waals surface area (Å²) in [6.45, 7) is 0.857. The molecule has 7 nitrogen and oxygen atoms in total. The number of hydrogen-bond acceptors (Lipinski definition) is 6.